The van der Waals surface area contributed by atoms with E-state index >= 15 is 0 Å². The highest BCUT2D eigenvalue weighted by molar-refractivity contribution is 5.80. The van der Waals surface area contributed by atoms with Crippen LogP contribution in [0.1, 0.15) is 13.8 Å². The molecule has 0 aromatic heterocycles. The van der Waals surface area contributed by atoms with Gasteiger partial charge in [0.1, 0.15) is 0 Å². The summed E-state index contributed by atoms with van der Waals surface area (Å²) in [4.78, 5) is 26.3. The monoisotopic (exact) mass is 268 g/mol. The first kappa shape index (κ1) is 17.4. The van der Waals surface area contributed by atoms with Gasteiger partial charge >= 0.3 is 0 Å². The zero-order valence-electron chi connectivity index (χ0n) is 12.2. The molecule has 6 nitrogen and oxygen atoms in total. The van der Waals surface area contributed by atoms with Gasteiger partial charge in [-0.05, 0) is 14.0 Å². The lowest BCUT2D eigenvalue weighted by atomic mass is 10.2. The molecule has 0 spiro atoms. The third kappa shape index (κ3) is 7.44. The highest BCUT2D eigenvalue weighted by Crippen LogP contribution is 1.91. The Bertz CT molecular complexity index is 359. The van der Waals surface area contributed by atoms with Crippen molar-refractivity contribution in [3.63, 3.8) is 0 Å². The van der Waals surface area contributed by atoms with Crippen LogP contribution in [0.25, 0.3) is 0 Å². The molecule has 3 N–H and O–H groups in total. The molecule has 0 fully saturated rings. The van der Waals surface area contributed by atoms with Crippen LogP contribution >= 0.6 is 0 Å². The Morgan fingerprint density at radius 2 is 2.00 bits per heavy atom. The van der Waals surface area contributed by atoms with E-state index in [0.717, 1.165) is 0 Å². The SMILES string of the molecule is CC#CN(C)C(=O)CN(C)CCNC(=O)C(C)CN. The van der Waals surface area contributed by atoms with E-state index < -0.39 is 0 Å². The fraction of sp³-hybridized carbons (Fsp3) is 0.692. The van der Waals surface area contributed by atoms with Gasteiger partial charge in [-0.1, -0.05) is 12.8 Å². The van der Waals surface area contributed by atoms with Gasteiger partial charge in [0.15, 0.2) is 0 Å². The van der Waals surface area contributed by atoms with Crippen molar-refractivity contribution in [3.05, 3.63) is 0 Å². The second-order valence-electron chi connectivity index (χ2n) is 4.48. The Labute approximate surface area is 115 Å². The Morgan fingerprint density at radius 3 is 2.53 bits per heavy atom. The van der Waals surface area contributed by atoms with E-state index in [1.54, 1.807) is 20.9 Å². The van der Waals surface area contributed by atoms with Crippen LogP contribution in [0, 0.1) is 17.9 Å². The zero-order valence-corrected chi connectivity index (χ0v) is 12.2. The van der Waals surface area contributed by atoms with Gasteiger partial charge in [0, 0.05) is 38.6 Å². The van der Waals surface area contributed by atoms with E-state index in [-0.39, 0.29) is 24.3 Å². The number of nitrogens with one attached hydrogen (secondary N) is 1. The molecule has 0 saturated heterocycles. The fourth-order valence-corrected chi connectivity index (χ4v) is 1.30. The van der Waals surface area contributed by atoms with Gasteiger partial charge in [0.25, 0.3) is 0 Å². The molecule has 1 unspecified atom stereocenters. The molecular weight excluding hydrogens is 244 g/mol. The number of hydrogen-bond acceptors (Lipinski definition) is 4. The summed E-state index contributed by atoms with van der Waals surface area (Å²) in [5, 5.41) is 2.78. The number of carbonyl (C=O) groups excluding carboxylic acids is 2. The maximum absolute atomic E-state index is 11.7. The molecule has 0 saturated carbocycles. The van der Waals surface area contributed by atoms with E-state index in [0.29, 0.717) is 19.6 Å². The molecule has 0 heterocycles. The summed E-state index contributed by atoms with van der Waals surface area (Å²) >= 11 is 0. The first-order chi connectivity index (χ1) is 8.92. The average Bonchev–Trinajstić information content (AvgIpc) is 2.37. The van der Waals surface area contributed by atoms with Crippen molar-refractivity contribution in [1.82, 2.24) is 15.1 Å². The van der Waals surface area contributed by atoms with Crippen LogP contribution < -0.4 is 11.1 Å². The van der Waals surface area contributed by atoms with Crippen molar-refractivity contribution in [3.8, 4) is 12.0 Å². The number of nitrogens with zero attached hydrogens (tertiary/aromatic N) is 2. The van der Waals surface area contributed by atoms with Crippen LogP contribution in [-0.4, -0.2) is 61.9 Å². The standard InChI is InChI=1S/C13H24N4O2/c1-5-7-17(4)12(18)10-16(3)8-6-15-13(19)11(2)9-14/h11H,6,8-10,14H2,1-4H3,(H,15,19). The minimum atomic E-state index is -0.183. The van der Waals surface area contributed by atoms with E-state index in [4.69, 9.17) is 5.73 Å². The summed E-state index contributed by atoms with van der Waals surface area (Å²) in [5.41, 5.74) is 5.40. The Kier molecular flexibility index (Phi) is 8.58. The van der Waals surface area contributed by atoms with Gasteiger partial charge in [0.05, 0.1) is 6.54 Å². The van der Waals surface area contributed by atoms with Crippen molar-refractivity contribution in [2.45, 2.75) is 13.8 Å². The van der Waals surface area contributed by atoms with E-state index in [1.807, 2.05) is 11.9 Å². The van der Waals surface area contributed by atoms with E-state index in [9.17, 15) is 9.59 Å². The summed E-state index contributed by atoms with van der Waals surface area (Å²) < 4.78 is 0. The number of nitrogens with two attached hydrogens (primary N) is 1. The third-order valence-electron chi connectivity index (χ3n) is 2.65. The molecule has 108 valence electrons. The molecule has 0 aromatic carbocycles. The first-order valence-electron chi connectivity index (χ1n) is 6.27. The first-order valence-corrected chi connectivity index (χ1v) is 6.27. The zero-order chi connectivity index (χ0) is 14.8. The summed E-state index contributed by atoms with van der Waals surface area (Å²) in [6.45, 7) is 5.16. The Morgan fingerprint density at radius 1 is 1.37 bits per heavy atom. The molecule has 2 amide bonds. The van der Waals surface area contributed by atoms with Crippen LogP contribution in [0.4, 0.5) is 0 Å². The largest absolute Gasteiger partial charge is 0.355 e. The van der Waals surface area contributed by atoms with Crippen LogP contribution in [0.2, 0.25) is 0 Å². The Hall–Kier alpha value is -1.58. The molecule has 0 radical (unpaired) electrons. The van der Waals surface area contributed by atoms with Gasteiger partial charge < -0.3 is 11.1 Å². The minimum absolute atomic E-state index is 0.0591. The summed E-state index contributed by atoms with van der Waals surface area (Å²) in [5.74, 6) is 2.35. The van der Waals surface area contributed by atoms with Crippen molar-refractivity contribution in [2.24, 2.45) is 11.7 Å². The normalized spacial score (nSPS) is 11.5. The topological polar surface area (TPSA) is 78.7 Å². The van der Waals surface area contributed by atoms with Gasteiger partial charge in [-0.25, -0.2) is 0 Å². The average molecular weight is 268 g/mol. The lowest BCUT2D eigenvalue weighted by Gasteiger charge is -2.19. The highest BCUT2D eigenvalue weighted by Gasteiger charge is 2.12. The molecular formula is C13H24N4O2. The van der Waals surface area contributed by atoms with Gasteiger partial charge in [-0.15, -0.1) is 0 Å². The third-order valence-corrected chi connectivity index (χ3v) is 2.65. The van der Waals surface area contributed by atoms with E-state index in [2.05, 4.69) is 17.3 Å². The van der Waals surface area contributed by atoms with Crippen LogP contribution in [0.3, 0.4) is 0 Å². The lowest BCUT2D eigenvalue weighted by molar-refractivity contribution is -0.127. The van der Waals surface area contributed by atoms with Gasteiger partial charge in [-0.3, -0.25) is 19.4 Å². The number of rotatable bonds is 7. The smallest absolute Gasteiger partial charge is 0.247 e. The van der Waals surface area contributed by atoms with Crippen molar-refractivity contribution in [2.75, 3.05) is 40.3 Å². The molecule has 0 bridgehead atoms. The summed E-state index contributed by atoms with van der Waals surface area (Å²) in [6, 6.07) is 2.67. The molecule has 19 heavy (non-hydrogen) atoms. The van der Waals surface area contributed by atoms with Crippen molar-refractivity contribution >= 4 is 11.8 Å². The van der Waals surface area contributed by atoms with Crippen molar-refractivity contribution in [1.29, 1.82) is 0 Å². The predicted molar refractivity (Wildman–Crippen MR) is 74.9 cm³/mol. The quantitative estimate of drug-likeness (QED) is 0.462. The fourth-order valence-electron chi connectivity index (χ4n) is 1.30. The molecule has 0 aliphatic carbocycles. The lowest BCUT2D eigenvalue weighted by Crippen LogP contribution is -2.40. The van der Waals surface area contributed by atoms with Crippen LogP contribution in [0.5, 0.6) is 0 Å². The maximum Gasteiger partial charge on any atom is 0.247 e. The second kappa shape index (κ2) is 9.36. The molecule has 0 aliphatic rings. The molecule has 0 rings (SSSR count). The molecule has 0 aromatic rings. The predicted octanol–water partition coefficient (Wildman–Crippen LogP) is -0.932. The number of carbonyl (C=O) groups is 2. The number of hydrogen-bond donors (Lipinski definition) is 2. The van der Waals surface area contributed by atoms with Crippen LogP contribution in [0.15, 0.2) is 0 Å². The second-order valence-corrected chi connectivity index (χ2v) is 4.48. The summed E-state index contributed by atoms with van der Waals surface area (Å²) in [6.07, 6.45) is 0. The molecule has 1 atom stereocenters. The minimum Gasteiger partial charge on any atom is -0.355 e. The van der Waals surface area contributed by atoms with Crippen LogP contribution in [-0.2, 0) is 9.59 Å². The molecule has 0 aliphatic heterocycles. The maximum atomic E-state index is 11.7. The Balaban J connectivity index is 3.92. The highest BCUT2D eigenvalue weighted by atomic mass is 16.2. The van der Waals surface area contributed by atoms with Gasteiger partial charge in [0.2, 0.25) is 11.8 Å². The number of likely N-dealkylation sites (N-methyl/N-ethyl adjacent to an activating group) is 2. The van der Waals surface area contributed by atoms with Gasteiger partial charge in [-0.2, -0.15) is 0 Å². The molecule has 6 heteroatoms. The summed E-state index contributed by atoms with van der Waals surface area (Å²) in [7, 11) is 3.46. The number of amides is 2. The van der Waals surface area contributed by atoms with E-state index in [1.165, 1.54) is 4.90 Å². The van der Waals surface area contributed by atoms with Crippen molar-refractivity contribution < 1.29 is 9.59 Å².